The van der Waals surface area contributed by atoms with Crippen molar-refractivity contribution in [2.24, 2.45) is 0 Å². The summed E-state index contributed by atoms with van der Waals surface area (Å²) in [6.45, 7) is 3.08. The van der Waals surface area contributed by atoms with Crippen LogP contribution in [0.25, 0.3) is 0 Å². The van der Waals surface area contributed by atoms with E-state index in [1.165, 1.54) is 7.11 Å². The smallest absolute Gasteiger partial charge is 0.356 e. The molecule has 0 bridgehead atoms. The summed E-state index contributed by atoms with van der Waals surface area (Å²) in [7, 11) is 1.37. The quantitative estimate of drug-likeness (QED) is 0.712. The Kier molecular flexibility index (Phi) is 2.58. The lowest BCUT2D eigenvalue weighted by Gasteiger charge is -2.22. The van der Waals surface area contributed by atoms with Gasteiger partial charge in [0.15, 0.2) is 0 Å². The van der Waals surface area contributed by atoms with Gasteiger partial charge >= 0.3 is 5.97 Å². The number of carbonyl (C=O) groups excluding carboxylic acids is 1. The molecule has 1 aromatic rings. The first-order valence-electron chi connectivity index (χ1n) is 5.05. The van der Waals surface area contributed by atoms with Gasteiger partial charge in [0.25, 0.3) is 0 Å². The minimum Gasteiger partial charge on any atom is -0.464 e. The van der Waals surface area contributed by atoms with Crippen LogP contribution in [0.5, 0.6) is 0 Å². The standard InChI is InChI=1S/C11H14N2O2/c1-7-5-6-12-8-3-4-9(11(14)15-2)13-10(7)8/h3-4,7,12H,5-6H2,1-2H3/t7-/m1/s1. The number of nitrogens with zero attached hydrogens (tertiary/aromatic N) is 1. The number of rotatable bonds is 1. The predicted molar refractivity (Wildman–Crippen MR) is 57.1 cm³/mol. The van der Waals surface area contributed by atoms with Crippen molar-refractivity contribution in [3.05, 3.63) is 23.5 Å². The van der Waals surface area contributed by atoms with Gasteiger partial charge in [0.2, 0.25) is 0 Å². The molecule has 4 heteroatoms. The van der Waals surface area contributed by atoms with Crippen molar-refractivity contribution < 1.29 is 9.53 Å². The van der Waals surface area contributed by atoms with Crippen molar-refractivity contribution in [1.29, 1.82) is 0 Å². The Hall–Kier alpha value is -1.58. The van der Waals surface area contributed by atoms with E-state index >= 15 is 0 Å². The molecule has 0 amide bonds. The van der Waals surface area contributed by atoms with Gasteiger partial charge in [0.05, 0.1) is 18.5 Å². The molecule has 0 spiro atoms. The van der Waals surface area contributed by atoms with E-state index < -0.39 is 0 Å². The highest BCUT2D eigenvalue weighted by molar-refractivity contribution is 5.87. The lowest BCUT2D eigenvalue weighted by Crippen LogP contribution is -2.18. The number of esters is 1. The third kappa shape index (κ3) is 1.79. The number of methoxy groups -OCH3 is 1. The Labute approximate surface area is 88.7 Å². The maximum atomic E-state index is 11.3. The van der Waals surface area contributed by atoms with Gasteiger partial charge in [-0.3, -0.25) is 0 Å². The minimum absolute atomic E-state index is 0.379. The van der Waals surface area contributed by atoms with Crippen LogP contribution >= 0.6 is 0 Å². The first-order valence-corrected chi connectivity index (χ1v) is 5.05. The summed E-state index contributed by atoms with van der Waals surface area (Å²) < 4.78 is 4.64. The van der Waals surface area contributed by atoms with E-state index in [2.05, 4.69) is 22.0 Å². The molecule has 4 nitrogen and oxygen atoms in total. The van der Waals surface area contributed by atoms with E-state index in [-0.39, 0.29) is 5.97 Å². The fraction of sp³-hybridized carbons (Fsp3) is 0.455. The molecule has 1 aromatic heterocycles. The number of pyridine rings is 1. The van der Waals surface area contributed by atoms with Crippen molar-refractivity contribution in [3.8, 4) is 0 Å². The molecule has 0 aromatic carbocycles. The summed E-state index contributed by atoms with van der Waals surface area (Å²) in [6, 6.07) is 3.58. The van der Waals surface area contributed by atoms with Gasteiger partial charge in [-0.1, -0.05) is 6.92 Å². The van der Waals surface area contributed by atoms with Crippen LogP contribution in [-0.4, -0.2) is 24.6 Å². The third-order valence-electron chi connectivity index (χ3n) is 2.68. The van der Waals surface area contributed by atoms with Crippen molar-refractivity contribution in [1.82, 2.24) is 4.98 Å². The number of hydrogen-bond acceptors (Lipinski definition) is 4. The summed E-state index contributed by atoms with van der Waals surface area (Å²) in [5, 5.41) is 3.26. The van der Waals surface area contributed by atoms with Crippen LogP contribution in [0.2, 0.25) is 0 Å². The fourth-order valence-corrected chi connectivity index (χ4v) is 1.78. The average molecular weight is 206 g/mol. The SMILES string of the molecule is COC(=O)c1ccc2c(n1)[C@H](C)CCN2. The topological polar surface area (TPSA) is 51.2 Å². The van der Waals surface area contributed by atoms with Gasteiger partial charge in [0.1, 0.15) is 5.69 Å². The zero-order valence-electron chi connectivity index (χ0n) is 8.91. The Morgan fingerprint density at radius 2 is 2.40 bits per heavy atom. The number of ether oxygens (including phenoxy) is 1. The lowest BCUT2D eigenvalue weighted by atomic mass is 9.98. The van der Waals surface area contributed by atoms with Crippen LogP contribution in [-0.2, 0) is 4.74 Å². The normalized spacial score (nSPS) is 18.9. The Morgan fingerprint density at radius 1 is 1.60 bits per heavy atom. The van der Waals surface area contributed by atoms with Crippen molar-refractivity contribution in [2.45, 2.75) is 19.3 Å². The Balaban J connectivity index is 2.39. The van der Waals surface area contributed by atoms with Crippen LogP contribution < -0.4 is 5.32 Å². The molecular formula is C11H14N2O2. The summed E-state index contributed by atoms with van der Waals surface area (Å²) in [6.07, 6.45) is 1.05. The minimum atomic E-state index is -0.379. The molecule has 1 N–H and O–H groups in total. The van der Waals surface area contributed by atoms with E-state index in [1.54, 1.807) is 6.07 Å². The molecule has 0 saturated carbocycles. The molecule has 0 aliphatic carbocycles. The van der Waals surface area contributed by atoms with Gasteiger partial charge < -0.3 is 10.1 Å². The second-order valence-corrected chi connectivity index (χ2v) is 3.74. The average Bonchev–Trinajstić information content (AvgIpc) is 2.28. The van der Waals surface area contributed by atoms with Crippen molar-refractivity contribution in [2.75, 3.05) is 19.0 Å². The summed E-state index contributed by atoms with van der Waals surface area (Å²) in [5.74, 6) is 0.0152. The molecule has 15 heavy (non-hydrogen) atoms. The molecule has 0 saturated heterocycles. The van der Waals surface area contributed by atoms with Gasteiger partial charge in [0, 0.05) is 12.5 Å². The molecule has 80 valence electrons. The van der Waals surface area contributed by atoms with Gasteiger partial charge in [-0.25, -0.2) is 9.78 Å². The number of fused-ring (bicyclic) bond motifs is 1. The summed E-state index contributed by atoms with van der Waals surface area (Å²) >= 11 is 0. The van der Waals surface area contributed by atoms with E-state index in [9.17, 15) is 4.79 Å². The summed E-state index contributed by atoms with van der Waals surface area (Å²) in [5.41, 5.74) is 2.37. The van der Waals surface area contributed by atoms with E-state index in [0.29, 0.717) is 11.6 Å². The summed E-state index contributed by atoms with van der Waals surface area (Å²) in [4.78, 5) is 15.6. The third-order valence-corrected chi connectivity index (χ3v) is 2.68. The lowest BCUT2D eigenvalue weighted by molar-refractivity contribution is 0.0593. The van der Waals surface area contributed by atoms with Crippen LogP contribution in [0, 0.1) is 0 Å². The molecule has 0 unspecified atom stereocenters. The first kappa shape index (κ1) is 9.96. The second kappa shape index (κ2) is 3.88. The van der Waals surface area contributed by atoms with E-state index in [0.717, 1.165) is 24.3 Å². The molecule has 2 rings (SSSR count). The maximum Gasteiger partial charge on any atom is 0.356 e. The zero-order valence-corrected chi connectivity index (χ0v) is 8.91. The van der Waals surface area contributed by atoms with Crippen LogP contribution in [0.4, 0.5) is 5.69 Å². The zero-order chi connectivity index (χ0) is 10.8. The molecule has 1 aliphatic rings. The van der Waals surface area contributed by atoms with Gasteiger partial charge in [-0.05, 0) is 18.6 Å². The molecule has 1 aliphatic heterocycles. The predicted octanol–water partition coefficient (Wildman–Crippen LogP) is 1.79. The monoisotopic (exact) mass is 206 g/mol. The maximum absolute atomic E-state index is 11.3. The number of hydrogen-bond donors (Lipinski definition) is 1. The van der Waals surface area contributed by atoms with E-state index in [4.69, 9.17) is 0 Å². The second-order valence-electron chi connectivity index (χ2n) is 3.74. The number of nitrogens with one attached hydrogen (secondary N) is 1. The molecule has 2 heterocycles. The largest absolute Gasteiger partial charge is 0.464 e. The fourth-order valence-electron chi connectivity index (χ4n) is 1.78. The highest BCUT2D eigenvalue weighted by atomic mass is 16.5. The van der Waals surface area contributed by atoms with Crippen LogP contribution in [0.1, 0.15) is 35.4 Å². The van der Waals surface area contributed by atoms with Gasteiger partial charge in [-0.2, -0.15) is 0 Å². The highest BCUT2D eigenvalue weighted by Gasteiger charge is 2.19. The molecular weight excluding hydrogens is 192 g/mol. The number of anilines is 1. The highest BCUT2D eigenvalue weighted by Crippen LogP contribution is 2.29. The molecule has 0 radical (unpaired) electrons. The Bertz CT molecular complexity index is 390. The van der Waals surface area contributed by atoms with Crippen molar-refractivity contribution >= 4 is 11.7 Å². The van der Waals surface area contributed by atoms with Crippen LogP contribution in [0.15, 0.2) is 12.1 Å². The van der Waals surface area contributed by atoms with E-state index in [1.807, 2.05) is 6.07 Å². The Morgan fingerprint density at radius 3 is 3.13 bits per heavy atom. The first-order chi connectivity index (χ1) is 7.22. The number of carbonyl (C=O) groups is 1. The van der Waals surface area contributed by atoms with Gasteiger partial charge in [-0.15, -0.1) is 0 Å². The molecule has 1 atom stereocenters. The van der Waals surface area contributed by atoms with Crippen LogP contribution in [0.3, 0.4) is 0 Å². The van der Waals surface area contributed by atoms with Crippen molar-refractivity contribution in [3.63, 3.8) is 0 Å². The molecule has 0 fully saturated rings. The number of aromatic nitrogens is 1.